The number of nitrogens with one attached hydrogen (secondary N) is 2. The Morgan fingerprint density at radius 1 is 1.09 bits per heavy atom. The first-order chi connectivity index (χ1) is 15.4. The van der Waals surface area contributed by atoms with E-state index in [1.807, 2.05) is 25.9 Å². The first kappa shape index (κ1) is 23.6. The van der Waals surface area contributed by atoms with Crippen molar-refractivity contribution in [2.45, 2.75) is 51.1 Å². The van der Waals surface area contributed by atoms with E-state index in [1.54, 1.807) is 36.4 Å². The summed E-state index contributed by atoms with van der Waals surface area (Å²) >= 11 is 0. The van der Waals surface area contributed by atoms with Gasteiger partial charge in [-0.1, -0.05) is 19.3 Å². The van der Waals surface area contributed by atoms with Crippen LogP contribution in [0.5, 0.6) is 0 Å². The quantitative estimate of drug-likeness (QED) is 0.659. The Hall–Kier alpha value is -3.11. The largest absolute Gasteiger partial charge is 0.451 e. The second kappa shape index (κ2) is 11.0. The van der Waals surface area contributed by atoms with Crippen LogP contribution in [0.2, 0.25) is 0 Å². The van der Waals surface area contributed by atoms with Crippen LogP contribution in [0.1, 0.15) is 55.1 Å². The topological polar surface area (TPSA) is 98.4 Å². The van der Waals surface area contributed by atoms with Crippen molar-refractivity contribution in [3.05, 3.63) is 47.7 Å². The average molecular weight is 437 g/mol. The Bertz CT molecular complexity index is 952. The van der Waals surface area contributed by atoms with E-state index in [9.17, 15) is 9.59 Å². The lowest BCUT2D eigenvalue weighted by Crippen LogP contribution is -2.54. The number of nitrogens with zero attached hydrogens (tertiary/aromatic N) is 2. The van der Waals surface area contributed by atoms with Gasteiger partial charge in [-0.3, -0.25) is 9.59 Å². The number of benzene rings is 1. The van der Waals surface area contributed by atoms with Crippen molar-refractivity contribution < 1.29 is 14.0 Å². The molecule has 7 heteroatoms. The molecular weight excluding hydrogens is 404 g/mol. The SMILES string of the molecule is CC(CN(C)C)NC(=O)[C@@H](NC(=O)c1ccc(-c2ccc(C#N)cc2)o1)C1CCCCC1. The van der Waals surface area contributed by atoms with Crippen LogP contribution in [-0.4, -0.2) is 49.4 Å². The van der Waals surface area contributed by atoms with Crippen LogP contribution < -0.4 is 10.6 Å². The molecule has 1 saturated carbocycles. The molecular formula is C25H32N4O3. The Labute approximate surface area is 189 Å². The second-order valence-electron chi connectivity index (χ2n) is 8.87. The van der Waals surface area contributed by atoms with Crippen molar-refractivity contribution in [1.82, 2.24) is 15.5 Å². The summed E-state index contributed by atoms with van der Waals surface area (Å²) in [6, 6.07) is 11.8. The molecule has 1 unspecified atom stereocenters. The lowest BCUT2D eigenvalue weighted by atomic mass is 9.83. The zero-order chi connectivity index (χ0) is 23.1. The fraction of sp³-hybridized carbons (Fsp3) is 0.480. The van der Waals surface area contributed by atoms with E-state index < -0.39 is 11.9 Å². The molecule has 2 amide bonds. The van der Waals surface area contributed by atoms with Crippen molar-refractivity contribution in [2.75, 3.05) is 20.6 Å². The van der Waals surface area contributed by atoms with Crippen molar-refractivity contribution in [3.8, 4) is 17.4 Å². The van der Waals surface area contributed by atoms with Gasteiger partial charge in [0, 0.05) is 18.2 Å². The van der Waals surface area contributed by atoms with Crippen LogP contribution in [0, 0.1) is 17.2 Å². The number of hydrogen-bond donors (Lipinski definition) is 2. The van der Waals surface area contributed by atoms with Gasteiger partial charge in [-0.15, -0.1) is 0 Å². The monoisotopic (exact) mass is 436 g/mol. The third-order valence-electron chi connectivity index (χ3n) is 5.85. The Morgan fingerprint density at radius 2 is 1.78 bits per heavy atom. The van der Waals surface area contributed by atoms with E-state index in [0.717, 1.165) is 37.8 Å². The molecule has 1 aromatic heterocycles. The van der Waals surface area contributed by atoms with Crippen LogP contribution in [0.4, 0.5) is 0 Å². The van der Waals surface area contributed by atoms with E-state index in [1.165, 1.54) is 6.42 Å². The van der Waals surface area contributed by atoms with E-state index in [-0.39, 0.29) is 23.6 Å². The Balaban J connectivity index is 1.72. The van der Waals surface area contributed by atoms with Gasteiger partial charge in [-0.2, -0.15) is 5.26 Å². The van der Waals surface area contributed by atoms with Crippen molar-refractivity contribution in [1.29, 1.82) is 5.26 Å². The molecule has 7 nitrogen and oxygen atoms in total. The van der Waals surface area contributed by atoms with E-state index in [2.05, 4.69) is 16.7 Å². The molecule has 1 aliphatic rings. The fourth-order valence-corrected chi connectivity index (χ4v) is 4.33. The molecule has 0 radical (unpaired) electrons. The number of carbonyl (C=O) groups excluding carboxylic acids is 2. The van der Waals surface area contributed by atoms with Crippen molar-refractivity contribution in [3.63, 3.8) is 0 Å². The molecule has 1 aromatic carbocycles. The van der Waals surface area contributed by atoms with Gasteiger partial charge < -0.3 is 20.0 Å². The molecule has 2 atom stereocenters. The normalized spacial score (nSPS) is 16.2. The van der Waals surface area contributed by atoms with Gasteiger partial charge in [-0.25, -0.2) is 0 Å². The van der Waals surface area contributed by atoms with Gasteiger partial charge >= 0.3 is 0 Å². The summed E-state index contributed by atoms with van der Waals surface area (Å²) in [4.78, 5) is 28.1. The first-order valence-electron chi connectivity index (χ1n) is 11.2. The molecule has 2 aromatic rings. The number of nitriles is 1. The minimum Gasteiger partial charge on any atom is -0.451 e. The molecule has 1 heterocycles. The highest BCUT2D eigenvalue weighted by molar-refractivity contribution is 5.96. The second-order valence-corrected chi connectivity index (χ2v) is 8.87. The maximum atomic E-state index is 13.1. The number of carbonyl (C=O) groups is 2. The highest BCUT2D eigenvalue weighted by Gasteiger charge is 2.32. The van der Waals surface area contributed by atoms with Gasteiger partial charge in [0.15, 0.2) is 5.76 Å². The number of furan rings is 1. The Morgan fingerprint density at radius 3 is 2.41 bits per heavy atom. The molecule has 0 aliphatic heterocycles. The van der Waals surface area contributed by atoms with E-state index in [4.69, 9.17) is 9.68 Å². The van der Waals surface area contributed by atoms with Gasteiger partial charge in [0.1, 0.15) is 11.8 Å². The fourth-order valence-electron chi connectivity index (χ4n) is 4.33. The van der Waals surface area contributed by atoms with E-state index >= 15 is 0 Å². The molecule has 170 valence electrons. The van der Waals surface area contributed by atoms with Crippen molar-refractivity contribution >= 4 is 11.8 Å². The van der Waals surface area contributed by atoms with Gasteiger partial charge in [0.25, 0.3) is 5.91 Å². The highest BCUT2D eigenvalue weighted by Crippen LogP contribution is 2.28. The van der Waals surface area contributed by atoms with Crippen LogP contribution >= 0.6 is 0 Å². The number of likely N-dealkylation sites (N-methyl/N-ethyl adjacent to an activating group) is 1. The average Bonchev–Trinajstić information content (AvgIpc) is 3.27. The van der Waals surface area contributed by atoms with Gasteiger partial charge in [0.05, 0.1) is 11.6 Å². The molecule has 1 fully saturated rings. The predicted molar refractivity (Wildman–Crippen MR) is 123 cm³/mol. The van der Waals surface area contributed by atoms with Gasteiger partial charge in [0.2, 0.25) is 5.91 Å². The summed E-state index contributed by atoms with van der Waals surface area (Å²) in [6.45, 7) is 2.69. The molecule has 0 saturated heterocycles. The minimum atomic E-state index is -0.587. The zero-order valence-corrected chi connectivity index (χ0v) is 19.1. The standard InChI is InChI=1S/C25H32N4O3/c1-17(16-29(2)3)27-25(31)23(20-7-5-4-6-8-20)28-24(30)22-14-13-21(32-22)19-11-9-18(15-26)10-12-19/h9-14,17,20,23H,4-8,16H2,1-3H3,(H,27,31)(H,28,30)/t17?,23-/m0/s1. The number of hydrogen-bond acceptors (Lipinski definition) is 5. The highest BCUT2D eigenvalue weighted by atomic mass is 16.4. The summed E-state index contributed by atoms with van der Waals surface area (Å²) in [5.74, 6) is 0.291. The molecule has 32 heavy (non-hydrogen) atoms. The third kappa shape index (κ3) is 6.21. The number of amides is 2. The summed E-state index contributed by atoms with van der Waals surface area (Å²) in [7, 11) is 3.93. The van der Waals surface area contributed by atoms with Crippen molar-refractivity contribution in [2.24, 2.45) is 5.92 Å². The lowest BCUT2D eigenvalue weighted by molar-refractivity contribution is -0.125. The summed E-state index contributed by atoms with van der Waals surface area (Å²) in [6.07, 6.45) is 5.16. The van der Waals surface area contributed by atoms with Crippen LogP contribution in [-0.2, 0) is 4.79 Å². The lowest BCUT2D eigenvalue weighted by Gasteiger charge is -2.31. The first-order valence-corrected chi connectivity index (χ1v) is 11.2. The summed E-state index contributed by atoms with van der Waals surface area (Å²) in [5.41, 5.74) is 1.34. The van der Waals surface area contributed by atoms with Crippen LogP contribution in [0.3, 0.4) is 0 Å². The molecule has 0 spiro atoms. The Kier molecular flexibility index (Phi) is 8.07. The maximum absolute atomic E-state index is 13.1. The zero-order valence-electron chi connectivity index (χ0n) is 19.1. The number of rotatable bonds is 8. The minimum absolute atomic E-state index is 0.0212. The van der Waals surface area contributed by atoms with Gasteiger partial charge in [-0.05, 0) is 76.2 Å². The summed E-state index contributed by atoms with van der Waals surface area (Å²) < 4.78 is 5.77. The molecule has 0 bridgehead atoms. The smallest absolute Gasteiger partial charge is 0.287 e. The summed E-state index contributed by atoms with van der Waals surface area (Å²) in [5, 5.41) is 14.9. The molecule has 1 aliphatic carbocycles. The van der Waals surface area contributed by atoms with E-state index in [0.29, 0.717) is 11.3 Å². The van der Waals surface area contributed by atoms with Crippen LogP contribution in [0.25, 0.3) is 11.3 Å². The maximum Gasteiger partial charge on any atom is 0.287 e. The van der Waals surface area contributed by atoms with Crippen LogP contribution in [0.15, 0.2) is 40.8 Å². The third-order valence-corrected chi connectivity index (χ3v) is 5.85. The predicted octanol–water partition coefficient (Wildman–Crippen LogP) is 3.56. The molecule has 3 rings (SSSR count). The molecule has 2 N–H and O–H groups in total.